The first-order valence-corrected chi connectivity index (χ1v) is 12.1. The van der Waals surface area contributed by atoms with Crippen LogP contribution in [0, 0.1) is 11.3 Å². The van der Waals surface area contributed by atoms with E-state index in [2.05, 4.69) is 50.8 Å². The summed E-state index contributed by atoms with van der Waals surface area (Å²) in [6, 6.07) is 5.88. The number of rotatable bonds is 4. The van der Waals surface area contributed by atoms with Crippen molar-refractivity contribution < 1.29 is 4.74 Å². The third-order valence-electron chi connectivity index (χ3n) is 7.00. The van der Waals surface area contributed by atoms with Crippen molar-refractivity contribution in [1.82, 2.24) is 19.9 Å². The van der Waals surface area contributed by atoms with Crippen molar-refractivity contribution >= 4 is 34.0 Å². The first kappa shape index (κ1) is 22.6. The van der Waals surface area contributed by atoms with Gasteiger partial charge in [-0.3, -0.25) is 4.79 Å². The summed E-state index contributed by atoms with van der Waals surface area (Å²) in [5.41, 5.74) is 1.51. The second kappa shape index (κ2) is 9.21. The number of nitrogens with zero attached hydrogens (tertiary/aromatic N) is 5. The Hall–Kier alpha value is -3.20. The minimum Gasteiger partial charge on any atom is -0.378 e. The number of hydrogen-bond acceptors (Lipinski definition) is 8. The summed E-state index contributed by atoms with van der Waals surface area (Å²) in [7, 11) is 0. The zero-order chi connectivity index (χ0) is 23.7. The van der Waals surface area contributed by atoms with Crippen molar-refractivity contribution in [1.29, 1.82) is 0 Å². The Balaban J connectivity index is 1.42. The molecule has 2 fully saturated rings. The molecule has 180 valence electrons. The van der Waals surface area contributed by atoms with E-state index in [1.165, 1.54) is 6.33 Å². The summed E-state index contributed by atoms with van der Waals surface area (Å²) < 4.78 is 5.43. The number of morpholine rings is 1. The fourth-order valence-electron chi connectivity index (χ4n) is 4.88. The summed E-state index contributed by atoms with van der Waals surface area (Å²) in [5.74, 6) is 2.96. The molecule has 0 spiro atoms. The average Bonchev–Trinajstić information content (AvgIpc) is 2.84. The van der Waals surface area contributed by atoms with Crippen molar-refractivity contribution in [2.24, 2.45) is 11.3 Å². The second-order valence-electron chi connectivity index (χ2n) is 10.2. The van der Waals surface area contributed by atoms with Crippen molar-refractivity contribution in [3.8, 4) is 0 Å². The van der Waals surface area contributed by atoms with Gasteiger partial charge in [0, 0.05) is 32.2 Å². The highest BCUT2D eigenvalue weighted by molar-refractivity contribution is 5.92. The number of pyridine rings is 2. The van der Waals surface area contributed by atoms with Gasteiger partial charge in [0.05, 0.1) is 36.9 Å². The van der Waals surface area contributed by atoms with Crippen LogP contribution in [0.1, 0.15) is 33.6 Å². The predicted molar refractivity (Wildman–Crippen MR) is 135 cm³/mol. The van der Waals surface area contributed by atoms with E-state index in [1.807, 2.05) is 18.2 Å². The monoisotopic (exact) mass is 463 g/mol. The highest BCUT2D eigenvalue weighted by Gasteiger charge is 2.29. The lowest BCUT2D eigenvalue weighted by atomic mass is 9.75. The zero-order valence-electron chi connectivity index (χ0n) is 20.2. The summed E-state index contributed by atoms with van der Waals surface area (Å²) in [6.07, 6.45) is 5.48. The molecule has 0 amide bonds. The molecule has 0 saturated carbocycles. The van der Waals surface area contributed by atoms with E-state index in [4.69, 9.17) is 9.72 Å². The van der Waals surface area contributed by atoms with Crippen LogP contribution in [0.4, 0.5) is 23.1 Å². The van der Waals surface area contributed by atoms with E-state index >= 15 is 0 Å². The van der Waals surface area contributed by atoms with Gasteiger partial charge >= 0.3 is 0 Å². The molecule has 0 unspecified atom stereocenters. The summed E-state index contributed by atoms with van der Waals surface area (Å²) >= 11 is 0. The first-order valence-electron chi connectivity index (χ1n) is 12.1. The molecule has 9 nitrogen and oxygen atoms in total. The smallest absolute Gasteiger partial charge is 0.262 e. The highest BCUT2D eigenvalue weighted by Crippen LogP contribution is 2.36. The van der Waals surface area contributed by atoms with Crippen LogP contribution >= 0.6 is 0 Å². The fourth-order valence-corrected chi connectivity index (χ4v) is 4.88. The molecule has 0 aliphatic carbocycles. The molecular weight excluding hydrogens is 430 g/mol. The maximum atomic E-state index is 12.7. The van der Waals surface area contributed by atoms with Gasteiger partial charge in [-0.05, 0) is 36.3 Å². The molecule has 5 heterocycles. The number of aromatic nitrogens is 4. The number of aromatic amines is 1. The minimum atomic E-state index is -0.212. The molecule has 34 heavy (non-hydrogen) atoms. The Kier molecular flexibility index (Phi) is 6.12. The number of ether oxygens (including phenoxy) is 1. The molecule has 0 aromatic carbocycles. The van der Waals surface area contributed by atoms with Gasteiger partial charge in [-0.15, -0.1) is 0 Å². The Morgan fingerprint density at radius 3 is 2.44 bits per heavy atom. The Bertz CT molecular complexity index is 1190. The lowest BCUT2D eigenvalue weighted by Gasteiger charge is -2.39. The molecule has 2 aliphatic heterocycles. The molecule has 3 aromatic rings. The van der Waals surface area contributed by atoms with Gasteiger partial charge in [0.1, 0.15) is 22.8 Å². The maximum absolute atomic E-state index is 12.7. The number of nitrogens with one attached hydrogen (secondary N) is 2. The molecule has 3 aromatic heterocycles. The van der Waals surface area contributed by atoms with Gasteiger partial charge in [-0.2, -0.15) is 0 Å². The number of anilines is 4. The van der Waals surface area contributed by atoms with Crippen LogP contribution in [0.25, 0.3) is 10.9 Å². The van der Waals surface area contributed by atoms with Crippen LogP contribution in [0.3, 0.4) is 0 Å². The molecule has 0 atom stereocenters. The summed E-state index contributed by atoms with van der Waals surface area (Å²) in [5, 5.41) is 3.78. The van der Waals surface area contributed by atoms with Crippen LogP contribution in [0.5, 0.6) is 0 Å². The van der Waals surface area contributed by atoms with Crippen LogP contribution in [-0.4, -0.2) is 59.3 Å². The lowest BCUT2D eigenvalue weighted by Crippen LogP contribution is -2.38. The van der Waals surface area contributed by atoms with E-state index in [9.17, 15) is 4.79 Å². The Morgan fingerprint density at radius 2 is 1.76 bits per heavy atom. The van der Waals surface area contributed by atoms with Gasteiger partial charge in [-0.25, -0.2) is 15.0 Å². The van der Waals surface area contributed by atoms with E-state index in [0.717, 1.165) is 56.3 Å². The van der Waals surface area contributed by atoms with Crippen molar-refractivity contribution in [3.05, 3.63) is 41.1 Å². The van der Waals surface area contributed by atoms with Crippen LogP contribution in [-0.2, 0) is 4.74 Å². The second-order valence-corrected chi connectivity index (χ2v) is 10.2. The number of piperidine rings is 1. The largest absolute Gasteiger partial charge is 0.378 e. The average molecular weight is 464 g/mol. The van der Waals surface area contributed by atoms with Gasteiger partial charge in [-0.1, -0.05) is 20.8 Å². The van der Waals surface area contributed by atoms with Crippen molar-refractivity contribution in [3.63, 3.8) is 0 Å². The van der Waals surface area contributed by atoms with E-state index in [0.29, 0.717) is 41.3 Å². The molecule has 2 aliphatic rings. The maximum Gasteiger partial charge on any atom is 0.262 e. The molecule has 2 saturated heterocycles. The summed E-state index contributed by atoms with van der Waals surface area (Å²) in [4.78, 5) is 33.8. The van der Waals surface area contributed by atoms with Gasteiger partial charge in [0.2, 0.25) is 0 Å². The molecule has 2 N–H and O–H groups in total. The van der Waals surface area contributed by atoms with Gasteiger partial charge < -0.3 is 24.8 Å². The SMILES string of the molecule is CC(C)(C)C1CCN(c2cc3nc[nH]c(=O)c3c(Nc3ccc(N4CCOCC4)nc3)n2)CC1. The Morgan fingerprint density at radius 1 is 1.03 bits per heavy atom. The van der Waals surface area contributed by atoms with Crippen LogP contribution < -0.4 is 20.7 Å². The third-order valence-corrected chi connectivity index (χ3v) is 7.00. The quantitative estimate of drug-likeness (QED) is 0.606. The topological polar surface area (TPSA) is 99.3 Å². The zero-order valence-corrected chi connectivity index (χ0v) is 20.2. The molecule has 0 bridgehead atoms. The number of hydrogen-bond donors (Lipinski definition) is 2. The molecule has 0 radical (unpaired) electrons. The number of H-pyrrole nitrogens is 1. The molecular formula is C25H33N7O2. The van der Waals surface area contributed by atoms with Crippen LogP contribution in [0.2, 0.25) is 0 Å². The Labute approximate surface area is 199 Å². The third kappa shape index (κ3) is 4.70. The fraction of sp³-hybridized carbons (Fsp3) is 0.520. The standard InChI is InChI=1S/C25H33N7O2/c1-25(2,3)17-6-8-31(9-7-17)21-14-19-22(24(33)28-16-27-19)23(30-21)29-18-4-5-20(26-15-18)32-10-12-34-13-11-32/h4-5,14-17H,6-13H2,1-3H3,(H,29,30)(H,27,28,33). The van der Waals surface area contributed by atoms with E-state index < -0.39 is 0 Å². The van der Waals surface area contributed by atoms with E-state index in [-0.39, 0.29) is 5.56 Å². The molecule has 9 heteroatoms. The van der Waals surface area contributed by atoms with Gasteiger partial charge in [0.25, 0.3) is 5.56 Å². The minimum absolute atomic E-state index is 0.212. The van der Waals surface area contributed by atoms with Crippen molar-refractivity contribution in [2.45, 2.75) is 33.6 Å². The van der Waals surface area contributed by atoms with Gasteiger partial charge in [0.15, 0.2) is 0 Å². The van der Waals surface area contributed by atoms with Crippen LogP contribution in [0.15, 0.2) is 35.5 Å². The first-order chi connectivity index (χ1) is 16.4. The predicted octanol–water partition coefficient (Wildman–Crippen LogP) is 3.56. The van der Waals surface area contributed by atoms with Crippen molar-refractivity contribution in [2.75, 3.05) is 54.5 Å². The highest BCUT2D eigenvalue weighted by atomic mass is 16.5. The summed E-state index contributed by atoms with van der Waals surface area (Å²) in [6.45, 7) is 11.9. The van der Waals surface area contributed by atoms with E-state index in [1.54, 1.807) is 6.20 Å². The normalized spacial score (nSPS) is 17.9. The number of fused-ring (bicyclic) bond motifs is 1. The molecule has 5 rings (SSSR count). The lowest BCUT2D eigenvalue weighted by molar-refractivity contribution is 0.122.